The summed E-state index contributed by atoms with van der Waals surface area (Å²) in [7, 11) is 0. The fraction of sp³-hybridized carbons (Fsp3) is 0.190. The van der Waals surface area contributed by atoms with E-state index in [1.54, 1.807) is 30.3 Å². The molecule has 7 nitrogen and oxygen atoms in total. The Morgan fingerprint density at radius 2 is 1.79 bits per heavy atom. The maximum absolute atomic E-state index is 12.3. The van der Waals surface area contributed by atoms with E-state index < -0.39 is 11.8 Å². The van der Waals surface area contributed by atoms with E-state index in [2.05, 4.69) is 45.2 Å². The number of carbonyl (C=O) groups is 2. The Hall–Kier alpha value is -3.13. The standard InChI is InChI=1S/C21H21BrN4O3/c1-3-26(4-2)16-10-7-14-11-17(19(23)27)21(29-18(14)12-16)25-24-20(28)13-5-8-15(22)9-6-13/h5-12H,3-4H2,1-2H3,(H2,23,27)(H,24,28). The first-order chi connectivity index (χ1) is 13.9. The summed E-state index contributed by atoms with van der Waals surface area (Å²) in [4.78, 5) is 26.3. The number of nitrogens with one attached hydrogen (secondary N) is 1. The van der Waals surface area contributed by atoms with Gasteiger partial charge in [0.2, 0.25) is 5.55 Å². The molecule has 29 heavy (non-hydrogen) atoms. The smallest absolute Gasteiger partial charge is 0.271 e. The van der Waals surface area contributed by atoms with Crippen molar-refractivity contribution in [1.82, 2.24) is 5.43 Å². The zero-order valence-electron chi connectivity index (χ0n) is 16.1. The molecule has 150 valence electrons. The monoisotopic (exact) mass is 456 g/mol. The number of hydrogen-bond acceptors (Lipinski definition) is 5. The molecule has 2 aromatic carbocycles. The van der Waals surface area contributed by atoms with Crippen LogP contribution in [0.1, 0.15) is 34.6 Å². The molecule has 0 aliphatic rings. The highest BCUT2D eigenvalue weighted by Gasteiger charge is 2.12. The average Bonchev–Trinajstić information content (AvgIpc) is 2.72. The van der Waals surface area contributed by atoms with Crippen molar-refractivity contribution in [2.45, 2.75) is 13.8 Å². The third-order valence-electron chi connectivity index (χ3n) is 4.49. The number of anilines is 1. The van der Waals surface area contributed by atoms with Gasteiger partial charge in [-0.2, -0.15) is 0 Å². The van der Waals surface area contributed by atoms with Crippen molar-refractivity contribution in [1.29, 1.82) is 0 Å². The summed E-state index contributed by atoms with van der Waals surface area (Å²) < 4.78 is 6.68. The molecular formula is C21H21BrN4O3. The van der Waals surface area contributed by atoms with Crippen LogP contribution in [0.5, 0.6) is 0 Å². The highest BCUT2D eigenvalue weighted by molar-refractivity contribution is 9.10. The summed E-state index contributed by atoms with van der Waals surface area (Å²) in [5.74, 6) is -1.12. The van der Waals surface area contributed by atoms with Gasteiger partial charge in [-0.05, 0) is 56.3 Å². The maximum Gasteiger partial charge on any atom is 0.271 e. The molecule has 3 N–H and O–H groups in total. The largest absolute Gasteiger partial charge is 0.436 e. The molecule has 0 aliphatic carbocycles. The van der Waals surface area contributed by atoms with Crippen LogP contribution in [0.25, 0.3) is 11.0 Å². The number of carbonyl (C=O) groups excluding carboxylic acids is 2. The van der Waals surface area contributed by atoms with Crippen LogP contribution in [0.15, 0.2) is 62.5 Å². The van der Waals surface area contributed by atoms with Crippen molar-refractivity contribution in [3.05, 3.63) is 69.7 Å². The average molecular weight is 457 g/mol. The fourth-order valence-corrected chi connectivity index (χ4v) is 3.18. The Kier molecular flexibility index (Phi) is 6.33. The Labute approximate surface area is 176 Å². The molecule has 1 aromatic heterocycles. The van der Waals surface area contributed by atoms with Gasteiger partial charge < -0.3 is 15.1 Å². The minimum absolute atomic E-state index is 0.0489. The molecular weight excluding hydrogens is 436 g/mol. The number of rotatable bonds is 6. The molecule has 0 fully saturated rings. The van der Waals surface area contributed by atoms with Gasteiger partial charge in [0.05, 0.1) is 0 Å². The summed E-state index contributed by atoms with van der Waals surface area (Å²) in [6.45, 7) is 5.84. The predicted octanol–water partition coefficient (Wildman–Crippen LogP) is 3.39. The molecule has 3 aromatic rings. The molecule has 0 atom stereocenters. The van der Waals surface area contributed by atoms with Gasteiger partial charge in [-0.15, -0.1) is 5.10 Å². The lowest BCUT2D eigenvalue weighted by molar-refractivity contribution is 0.0946. The first-order valence-electron chi connectivity index (χ1n) is 9.15. The van der Waals surface area contributed by atoms with Crippen LogP contribution < -0.4 is 21.6 Å². The van der Waals surface area contributed by atoms with Gasteiger partial charge >= 0.3 is 0 Å². The van der Waals surface area contributed by atoms with E-state index in [9.17, 15) is 9.59 Å². The third-order valence-corrected chi connectivity index (χ3v) is 5.02. The van der Waals surface area contributed by atoms with E-state index in [1.165, 1.54) is 0 Å². The molecule has 0 spiro atoms. The first-order valence-corrected chi connectivity index (χ1v) is 9.94. The van der Waals surface area contributed by atoms with Gasteiger partial charge in [0.1, 0.15) is 11.1 Å². The lowest BCUT2D eigenvalue weighted by atomic mass is 10.1. The van der Waals surface area contributed by atoms with Crippen LogP contribution >= 0.6 is 15.9 Å². The van der Waals surface area contributed by atoms with Crippen molar-refractivity contribution in [3.8, 4) is 0 Å². The quantitative estimate of drug-likeness (QED) is 0.555. The summed E-state index contributed by atoms with van der Waals surface area (Å²) in [6, 6.07) is 14.1. The van der Waals surface area contributed by atoms with Gasteiger partial charge in [-0.3, -0.25) is 9.59 Å². The van der Waals surface area contributed by atoms with Crippen molar-refractivity contribution in [3.63, 3.8) is 0 Å². The second kappa shape index (κ2) is 8.91. The number of benzene rings is 2. The minimum atomic E-state index is -0.694. The lowest BCUT2D eigenvalue weighted by Gasteiger charge is -2.21. The zero-order valence-corrected chi connectivity index (χ0v) is 17.7. The molecule has 2 amide bonds. The lowest BCUT2D eigenvalue weighted by Crippen LogP contribution is -2.27. The van der Waals surface area contributed by atoms with E-state index in [4.69, 9.17) is 10.2 Å². The third kappa shape index (κ3) is 4.65. The van der Waals surface area contributed by atoms with Crippen molar-refractivity contribution < 1.29 is 14.0 Å². The van der Waals surface area contributed by atoms with E-state index in [0.717, 1.165) is 23.2 Å². The molecule has 0 aliphatic heterocycles. The van der Waals surface area contributed by atoms with Crippen molar-refractivity contribution >= 4 is 44.4 Å². The SMILES string of the molecule is CCN(CC)c1ccc2cc(C(N)=O)c(=NNC(=O)c3ccc(Br)cc3)oc2c1. The van der Waals surface area contributed by atoms with Crippen LogP contribution in [0.2, 0.25) is 0 Å². The Balaban J connectivity index is 2.02. The molecule has 0 unspecified atom stereocenters. The summed E-state index contributed by atoms with van der Waals surface area (Å²) >= 11 is 3.32. The normalized spacial score (nSPS) is 11.5. The molecule has 0 saturated carbocycles. The van der Waals surface area contributed by atoms with Gasteiger partial charge in [0, 0.05) is 40.3 Å². The van der Waals surface area contributed by atoms with Gasteiger partial charge in [-0.25, -0.2) is 5.43 Å². The van der Waals surface area contributed by atoms with Gasteiger partial charge in [0.15, 0.2) is 0 Å². The highest BCUT2D eigenvalue weighted by atomic mass is 79.9. The molecule has 0 saturated heterocycles. The fourth-order valence-electron chi connectivity index (χ4n) is 2.92. The number of amides is 2. The number of hydrogen-bond donors (Lipinski definition) is 2. The molecule has 8 heteroatoms. The van der Waals surface area contributed by atoms with Crippen molar-refractivity contribution in [2.24, 2.45) is 10.8 Å². The van der Waals surface area contributed by atoms with Crippen LogP contribution in [0.3, 0.4) is 0 Å². The summed E-state index contributed by atoms with van der Waals surface area (Å²) in [5, 5.41) is 4.71. The van der Waals surface area contributed by atoms with Crippen LogP contribution in [-0.2, 0) is 0 Å². The summed E-state index contributed by atoms with van der Waals surface area (Å²) in [5.41, 5.74) is 9.87. The van der Waals surface area contributed by atoms with Crippen molar-refractivity contribution in [2.75, 3.05) is 18.0 Å². The number of primary amides is 1. The summed E-state index contributed by atoms with van der Waals surface area (Å²) in [6.07, 6.45) is 0. The number of nitrogens with two attached hydrogens (primary N) is 1. The maximum atomic E-state index is 12.3. The Bertz CT molecular complexity index is 1120. The minimum Gasteiger partial charge on any atom is -0.436 e. The van der Waals surface area contributed by atoms with Crippen LogP contribution in [0, 0.1) is 0 Å². The van der Waals surface area contributed by atoms with E-state index in [0.29, 0.717) is 16.5 Å². The molecule has 1 heterocycles. The molecule has 0 radical (unpaired) electrons. The zero-order chi connectivity index (χ0) is 21.0. The van der Waals surface area contributed by atoms with Crippen LogP contribution in [-0.4, -0.2) is 24.9 Å². The Morgan fingerprint density at radius 3 is 2.41 bits per heavy atom. The van der Waals surface area contributed by atoms with E-state index in [-0.39, 0.29) is 11.1 Å². The number of nitrogens with zero attached hydrogens (tertiary/aromatic N) is 2. The van der Waals surface area contributed by atoms with E-state index in [1.807, 2.05) is 18.2 Å². The van der Waals surface area contributed by atoms with Gasteiger partial charge in [0.25, 0.3) is 11.8 Å². The Morgan fingerprint density at radius 1 is 1.10 bits per heavy atom. The topological polar surface area (TPSA) is 101 Å². The van der Waals surface area contributed by atoms with Crippen LogP contribution in [0.4, 0.5) is 5.69 Å². The second-order valence-corrected chi connectivity index (χ2v) is 7.20. The number of halogens is 1. The van der Waals surface area contributed by atoms with E-state index >= 15 is 0 Å². The second-order valence-electron chi connectivity index (χ2n) is 6.28. The highest BCUT2D eigenvalue weighted by Crippen LogP contribution is 2.22. The predicted molar refractivity (Wildman–Crippen MR) is 115 cm³/mol. The first kappa shape index (κ1) is 20.6. The van der Waals surface area contributed by atoms with Gasteiger partial charge in [-0.1, -0.05) is 15.9 Å². The molecule has 3 rings (SSSR count). The molecule has 0 bridgehead atoms. The number of fused-ring (bicyclic) bond motifs is 1.